The first-order valence-electron chi connectivity index (χ1n) is 10.7. The number of likely N-dealkylation sites (N-methyl/N-ethyl adjacent to an activating group) is 1. The molecule has 2 aromatic rings. The summed E-state index contributed by atoms with van der Waals surface area (Å²) < 4.78 is 26.2. The van der Waals surface area contributed by atoms with E-state index in [0.717, 1.165) is 0 Å². The zero-order valence-electron chi connectivity index (χ0n) is 19.0. The Bertz CT molecular complexity index is 1220. The van der Waals surface area contributed by atoms with Crippen LogP contribution in [0.4, 0.5) is 4.39 Å². The van der Waals surface area contributed by atoms with Crippen LogP contribution in [0.15, 0.2) is 23.1 Å². The number of amides is 2. The van der Waals surface area contributed by atoms with Crippen LogP contribution < -0.4 is 15.5 Å². The number of rotatable bonds is 6. The van der Waals surface area contributed by atoms with Crippen LogP contribution in [0.3, 0.4) is 0 Å². The van der Waals surface area contributed by atoms with E-state index in [1.165, 1.54) is 30.3 Å². The van der Waals surface area contributed by atoms with E-state index in [1.807, 2.05) is 0 Å². The monoisotopic (exact) mass is 493 g/mol. The van der Waals surface area contributed by atoms with Crippen LogP contribution in [0.1, 0.15) is 39.3 Å². The Hall–Kier alpha value is -3.11. The van der Waals surface area contributed by atoms with E-state index in [9.17, 15) is 23.9 Å². The number of pyridine rings is 1. The maximum atomic E-state index is 14.5. The topological polar surface area (TPSA) is 110 Å². The van der Waals surface area contributed by atoms with E-state index < -0.39 is 34.3 Å². The molecule has 0 bridgehead atoms. The third-order valence-corrected chi connectivity index (χ3v) is 6.90. The molecule has 4 rings (SSSR count). The number of carbonyl (C=O) groups excluding carboxylic acids is 2. The minimum absolute atomic E-state index is 0.0936. The number of nitrogens with one attached hydrogen (secondary N) is 1. The van der Waals surface area contributed by atoms with Gasteiger partial charge in [0.2, 0.25) is 5.43 Å². The fourth-order valence-electron chi connectivity index (χ4n) is 4.94. The molecule has 1 aromatic heterocycles. The molecule has 2 amide bonds. The number of carbonyl (C=O) groups is 2. The van der Waals surface area contributed by atoms with Gasteiger partial charge in [0.1, 0.15) is 16.3 Å². The maximum Gasteiger partial charge on any atom is 0.274 e. The van der Waals surface area contributed by atoms with E-state index in [2.05, 4.69) is 5.32 Å². The highest BCUT2D eigenvalue weighted by Gasteiger charge is 2.51. The molecule has 1 aromatic carbocycles. The molecule has 2 N–H and O–H groups in total. The molecular weight excluding hydrogens is 469 g/mol. The van der Waals surface area contributed by atoms with Gasteiger partial charge in [-0.3, -0.25) is 14.4 Å². The van der Waals surface area contributed by atoms with Gasteiger partial charge in [0.15, 0.2) is 17.3 Å². The van der Waals surface area contributed by atoms with E-state index in [0.29, 0.717) is 26.0 Å². The Morgan fingerprint density at radius 1 is 1.32 bits per heavy atom. The molecule has 0 saturated heterocycles. The second-order valence-electron chi connectivity index (χ2n) is 8.79. The van der Waals surface area contributed by atoms with Gasteiger partial charge in [-0.15, -0.1) is 0 Å². The van der Waals surface area contributed by atoms with Gasteiger partial charge in [0.25, 0.3) is 11.8 Å². The SMILES string of the molecule is COC[C@H]1C[C@@]2(CN(C)C(=O)c3c(O)c(=O)c(C(=O)NCc4ccc(OC)c(Cl)c4F)cn32)C1. The Kier molecular flexibility index (Phi) is 6.30. The Balaban J connectivity index is 1.66. The number of aromatic nitrogens is 1. The first-order chi connectivity index (χ1) is 16.1. The Morgan fingerprint density at radius 3 is 2.68 bits per heavy atom. The molecule has 182 valence electrons. The van der Waals surface area contributed by atoms with Gasteiger partial charge >= 0.3 is 0 Å². The molecule has 1 spiro atoms. The van der Waals surface area contributed by atoms with Crippen LogP contribution in [0.2, 0.25) is 5.02 Å². The van der Waals surface area contributed by atoms with Crippen molar-refractivity contribution in [3.8, 4) is 11.5 Å². The molecule has 11 heteroatoms. The van der Waals surface area contributed by atoms with Gasteiger partial charge in [0.05, 0.1) is 12.6 Å². The second kappa shape index (κ2) is 8.92. The standard InChI is InChI=1S/C23H25ClFN3O6/c1-27-11-23(6-12(7-23)10-33-2)28-9-14(19(29)20(30)18(28)22(27)32)21(31)26-8-13-4-5-15(34-3)16(24)17(13)25/h4-5,9,12,30H,6-8,10-11H2,1-3H3,(H,26,31)/t12-,23-. The number of ether oxygens (including phenoxy) is 2. The molecule has 1 saturated carbocycles. The molecule has 2 aliphatic rings. The first kappa shape index (κ1) is 24.0. The molecule has 2 heterocycles. The Labute approximate surface area is 200 Å². The summed E-state index contributed by atoms with van der Waals surface area (Å²) in [6.07, 6.45) is 2.63. The van der Waals surface area contributed by atoms with Crippen LogP contribution in [-0.4, -0.2) is 60.8 Å². The number of methoxy groups -OCH3 is 2. The fraction of sp³-hybridized carbons (Fsp3) is 0.435. The van der Waals surface area contributed by atoms with Crippen molar-refractivity contribution in [2.45, 2.75) is 24.9 Å². The van der Waals surface area contributed by atoms with Gasteiger partial charge in [-0.2, -0.15) is 0 Å². The summed E-state index contributed by atoms with van der Waals surface area (Å²) in [7, 11) is 4.57. The summed E-state index contributed by atoms with van der Waals surface area (Å²) >= 11 is 5.93. The van der Waals surface area contributed by atoms with Crippen molar-refractivity contribution < 1.29 is 28.6 Å². The molecule has 1 aliphatic heterocycles. The van der Waals surface area contributed by atoms with Crippen LogP contribution in [0, 0.1) is 11.7 Å². The smallest absolute Gasteiger partial charge is 0.274 e. The number of fused-ring (bicyclic) bond motifs is 2. The lowest BCUT2D eigenvalue weighted by Gasteiger charge is -2.54. The summed E-state index contributed by atoms with van der Waals surface area (Å²) in [5.74, 6) is -2.44. The van der Waals surface area contributed by atoms with Crippen molar-refractivity contribution in [3.05, 3.63) is 56.2 Å². The normalized spacial score (nSPS) is 21.3. The molecule has 1 fully saturated rings. The van der Waals surface area contributed by atoms with Crippen molar-refractivity contribution in [2.75, 3.05) is 34.4 Å². The number of nitrogens with zero attached hydrogens (tertiary/aromatic N) is 2. The van der Waals surface area contributed by atoms with Gasteiger partial charge in [-0.1, -0.05) is 17.7 Å². The summed E-state index contributed by atoms with van der Waals surface area (Å²) in [6.45, 7) is 0.668. The highest BCUT2D eigenvalue weighted by molar-refractivity contribution is 6.32. The van der Waals surface area contributed by atoms with Gasteiger partial charge in [-0.25, -0.2) is 4.39 Å². The molecule has 0 atom stereocenters. The minimum atomic E-state index is -0.969. The van der Waals surface area contributed by atoms with E-state index in [4.69, 9.17) is 21.1 Å². The minimum Gasteiger partial charge on any atom is -0.503 e. The number of hydrogen-bond donors (Lipinski definition) is 2. The van der Waals surface area contributed by atoms with Gasteiger partial charge in [-0.05, 0) is 24.8 Å². The predicted octanol–water partition coefficient (Wildman–Crippen LogP) is 2.12. The number of halogens is 2. The van der Waals surface area contributed by atoms with Crippen LogP contribution in [0.5, 0.6) is 11.5 Å². The summed E-state index contributed by atoms with van der Waals surface area (Å²) in [5, 5.41) is 12.9. The molecule has 0 unspecified atom stereocenters. The van der Waals surface area contributed by atoms with Crippen molar-refractivity contribution in [3.63, 3.8) is 0 Å². The van der Waals surface area contributed by atoms with Gasteiger partial charge in [0, 0.05) is 45.6 Å². The maximum absolute atomic E-state index is 14.5. The number of benzene rings is 1. The van der Waals surface area contributed by atoms with Crippen molar-refractivity contribution in [1.82, 2.24) is 14.8 Å². The van der Waals surface area contributed by atoms with Crippen LogP contribution in [-0.2, 0) is 16.8 Å². The fourth-order valence-corrected chi connectivity index (χ4v) is 5.20. The number of hydrogen-bond acceptors (Lipinski definition) is 6. The third kappa shape index (κ3) is 3.80. The Morgan fingerprint density at radius 2 is 2.03 bits per heavy atom. The van der Waals surface area contributed by atoms with E-state index >= 15 is 0 Å². The second-order valence-corrected chi connectivity index (χ2v) is 9.17. The highest BCUT2D eigenvalue weighted by atomic mass is 35.5. The quantitative estimate of drug-likeness (QED) is 0.638. The summed E-state index contributed by atoms with van der Waals surface area (Å²) in [4.78, 5) is 39.9. The van der Waals surface area contributed by atoms with Crippen molar-refractivity contribution >= 4 is 23.4 Å². The highest BCUT2D eigenvalue weighted by Crippen LogP contribution is 2.48. The first-order valence-corrected chi connectivity index (χ1v) is 11.0. The predicted molar refractivity (Wildman–Crippen MR) is 121 cm³/mol. The zero-order valence-corrected chi connectivity index (χ0v) is 19.7. The van der Waals surface area contributed by atoms with Crippen molar-refractivity contribution in [2.24, 2.45) is 5.92 Å². The summed E-state index contributed by atoms with van der Waals surface area (Å²) in [6, 6.07) is 2.87. The zero-order chi connectivity index (χ0) is 24.8. The summed E-state index contributed by atoms with van der Waals surface area (Å²) in [5.41, 5.74) is -1.91. The number of aromatic hydroxyl groups is 1. The molecule has 0 radical (unpaired) electrons. The molecule has 1 aliphatic carbocycles. The van der Waals surface area contributed by atoms with Crippen LogP contribution in [0.25, 0.3) is 0 Å². The van der Waals surface area contributed by atoms with E-state index in [-0.39, 0.29) is 40.1 Å². The molecule has 9 nitrogen and oxygen atoms in total. The lowest BCUT2D eigenvalue weighted by atomic mass is 9.67. The average Bonchev–Trinajstić information content (AvgIpc) is 2.78. The lowest BCUT2D eigenvalue weighted by Crippen LogP contribution is -2.60. The van der Waals surface area contributed by atoms with Crippen LogP contribution >= 0.6 is 11.6 Å². The molecular formula is C23H25ClFN3O6. The third-order valence-electron chi connectivity index (χ3n) is 6.55. The largest absolute Gasteiger partial charge is 0.503 e. The van der Waals surface area contributed by atoms with Crippen molar-refractivity contribution in [1.29, 1.82) is 0 Å². The molecule has 34 heavy (non-hydrogen) atoms. The average molecular weight is 494 g/mol. The van der Waals surface area contributed by atoms with Gasteiger partial charge < -0.3 is 29.4 Å². The lowest BCUT2D eigenvalue weighted by molar-refractivity contribution is -0.0190. The van der Waals surface area contributed by atoms with E-state index in [1.54, 1.807) is 18.7 Å².